The van der Waals surface area contributed by atoms with Gasteiger partial charge in [0, 0.05) is 65.6 Å². The number of aromatic nitrogens is 2. The van der Waals surface area contributed by atoms with E-state index in [2.05, 4.69) is 64.4 Å². The van der Waals surface area contributed by atoms with Gasteiger partial charge in [-0.1, -0.05) is 13.8 Å². The molecule has 1 aliphatic rings. The quantitative estimate of drug-likeness (QED) is 0.501. The first-order chi connectivity index (χ1) is 15.4. The van der Waals surface area contributed by atoms with Crippen molar-refractivity contribution in [3.8, 4) is 11.5 Å². The molecule has 0 atom stereocenters. The summed E-state index contributed by atoms with van der Waals surface area (Å²) in [4.78, 5) is 9.10. The Labute approximate surface area is 192 Å². The molecule has 176 valence electrons. The van der Waals surface area contributed by atoms with Crippen molar-refractivity contribution < 1.29 is 9.47 Å². The highest BCUT2D eigenvalue weighted by Gasteiger charge is 2.20. The molecular formula is C24H38N6O2. The minimum absolute atomic E-state index is 0.398. The highest BCUT2D eigenvalue weighted by Crippen LogP contribution is 2.33. The predicted molar refractivity (Wildman–Crippen MR) is 129 cm³/mol. The van der Waals surface area contributed by atoms with Crippen LogP contribution in [-0.4, -0.2) is 73.5 Å². The van der Waals surface area contributed by atoms with Crippen molar-refractivity contribution in [1.82, 2.24) is 24.9 Å². The molecule has 0 saturated heterocycles. The van der Waals surface area contributed by atoms with Crippen molar-refractivity contribution in [2.75, 3.05) is 47.9 Å². The molecule has 0 radical (unpaired) electrons. The maximum absolute atomic E-state index is 5.48. The molecule has 32 heavy (non-hydrogen) atoms. The van der Waals surface area contributed by atoms with Crippen LogP contribution >= 0.6 is 0 Å². The Morgan fingerprint density at radius 1 is 1.22 bits per heavy atom. The molecule has 0 saturated carbocycles. The number of nitrogens with one attached hydrogen (secondary N) is 1. The second-order valence-electron chi connectivity index (χ2n) is 8.70. The fourth-order valence-electron chi connectivity index (χ4n) is 4.34. The van der Waals surface area contributed by atoms with E-state index < -0.39 is 0 Å². The van der Waals surface area contributed by atoms with Crippen molar-refractivity contribution in [3.63, 3.8) is 0 Å². The van der Waals surface area contributed by atoms with Crippen molar-refractivity contribution in [2.45, 2.75) is 39.3 Å². The molecule has 1 aromatic heterocycles. The Hall–Kier alpha value is -2.74. The number of hydrogen-bond acceptors (Lipinski definition) is 5. The summed E-state index contributed by atoms with van der Waals surface area (Å²) < 4.78 is 12.8. The van der Waals surface area contributed by atoms with E-state index in [0.29, 0.717) is 5.92 Å². The van der Waals surface area contributed by atoms with Crippen LogP contribution in [0, 0.1) is 0 Å². The average Bonchev–Trinajstić information content (AvgIpc) is 3.15. The lowest BCUT2D eigenvalue weighted by molar-refractivity contribution is 0.255. The average molecular weight is 443 g/mol. The van der Waals surface area contributed by atoms with Crippen molar-refractivity contribution in [1.29, 1.82) is 0 Å². The largest absolute Gasteiger partial charge is 0.493 e. The normalized spacial score (nSPS) is 14.4. The first-order valence-electron chi connectivity index (χ1n) is 11.3. The van der Waals surface area contributed by atoms with Crippen LogP contribution in [-0.2, 0) is 26.6 Å². The zero-order valence-electron chi connectivity index (χ0n) is 20.6. The summed E-state index contributed by atoms with van der Waals surface area (Å²) in [5.41, 5.74) is 5.05. The molecule has 1 N–H and O–H groups in total. The fraction of sp³-hybridized carbons (Fsp3) is 0.583. The van der Waals surface area contributed by atoms with Crippen LogP contribution in [0.1, 0.15) is 42.1 Å². The van der Waals surface area contributed by atoms with Gasteiger partial charge < -0.3 is 19.7 Å². The number of aliphatic imine (C=N–C) groups is 1. The van der Waals surface area contributed by atoms with Crippen molar-refractivity contribution >= 4 is 5.96 Å². The second kappa shape index (κ2) is 10.7. The van der Waals surface area contributed by atoms with E-state index in [-0.39, 0.29) is 0 Å². The third-order valence-corrected chi connectivity index (χ3v) is 5.97. The number of methoxy groups -OCH3 is 2. The van der Waals surface area contributed by atoms with Crippen LogP contribution in [0.15, 0.2) is 23.3 Å². The molecule has 3 rings (SSSR count). The van der Waals surface area contributed by atoms with Gasteiger partial charge in [0.25, 0.3) is 0 Å². The third kappa shape index (κ3) is 5.54. The molecule has 8 nitrogen and oxygen atoms in total. The van der Waals surface area contributed by atoms with Gasteiger partial charge in [-0.2, -0.15) is 5.10 Å². The molecule has 0 aliphatic carbocycles. The van der Waals surface area contributed by atoms with Gasteiger partial charge in [0.1, 0.15) is 0 Å². The number of nitrogens with zero attached hydrogens (tertiary/aromatic N) is 5. The number of benzene rings is 1. The van der Waals surface area contributed by atoms with Gasteiger partial charge in [0.2, 0.25) is 0 Å². The third-order valence-electron chi connectivity index (χ3n) is 5.97. The summed E-state index contributed by atoms with van der Waals surface area (Å²) in [5.74, 6) is 2.90. The lowest BCUT2D eigenvalue weighted by atomic mass is 9.99. The number of rotatable bonds is 8. The minimum Gasteiger partial charge on any atom is -0.493 e. The Morgan fingerprint density at radius 3 is 2.53 bits per heavy atom. The molecule has 0 amide bonds. The Balaban J connectivity index is 1.54. The number of ether oxygens (including phenoxy) is 2. The van der Waals surface area contributed by atoms with E-state index in [1.54, 1.807) is 14.2 Å². The smallest absolute Gasteiger partial charge is 0.193 e. The minimum atomic E-state index is 0.398. The fourth-order valence-corrected chi connectivity index (χ4v) is 4.34. The van der Waals surface area contributed by atoms with Gasteiger partial charge in [-0.3, -0.25) is 14.6 Å². The highest BCUT2D eigenvalue weighted by atomic mass is 16.5. The lowest BCUT2D eigenvalue weighted by Crippen LogP contribution is -2.43. The SMILES string of the molecule is CN=C(NCCN1CCc2cc(OC)c(OC)cc2C1)N(C)Cc1cn(C)nc1C(C)C. The van der Waals surface area contributed by atoms with E-state index in [4.69, 9.17) is 9.47 Å². The van der Waals surface area contributed by atoms with Crippen LogP contribution in [0.5, 0.6) is 11.5 Å². The molecule has 2 aromatic rings. The molecule has 1 aromatic carbocycles. The lowest BCUT2D eigenvalue weighted by Gasteiger charge is -2.30. The Kier molecular flexibility index (Phi) is 8.01. The Morgan fingerprint density at radius 2 is 1.91 bits per heavy atom. The number of guanidine groups is 1. The standard InChI is InChI=1S/C24H38N6O2/c1-17(2)23-20(15-29(5)27-23)14-28(4)24(25-3)26-9-11-30-10-8-18-12-21(31-6)22(32-7)13-19(18)16-30/h12-13,15,17H,8-11,14,16H2,1-7H3,(H,25,26). The van der Waals surface area contributed by atoms with E-state index in [1.165, 1.54) is 16.7 Å². The van der Waals surface area contributed by atoms with Gasteiger partial charge in [-0.05, 0) is 35.6 Å². The van der Waals surface area contributed by atoms with Gasteiger partial charge in [0.15, 0.2) is 17.5 Å². The molecule has 2 heterocycles. The number of hydrogen-bond donors (Lipinski definition) is 1. The first-order valence-corrected chi connectivity index (χ1v) is 11.3. The molecule has 0 spiro atoms. The van der Waals surface area contributed by atoms with E-state index in [1.807, 2.05) is 18.8 Å². The zero-order valence-corrected chi connectivity index (χ0v) is 20.6. The molecule has 1 aliphatic heterocycles. The van der Waals surface area contributed by atoms with Crippen LogP contribution in [0.2, 0.25) is 0 Å². The summed E-state index contributed by atoms with van der Waals surface area (Å²) >= 11 is 0. The van der Waals surface area contributed by atoms with Gasteiger partial charge >= 0.3 is 0 Å². The van der Waals surface area contributed by atoms with Crippen LogP contribution in [0.4, 0.5) is 0 Å². The van der Waals surface area contributed by atoms with Crippen LogP contribution < -0.4 is 14.8 Å². The van der Waals surface area contributed by atoms with Gasteiger partial charge in [0.05, 0.1) is 19.9 Å². The monoisotopic (exact) mass is 442 g/mol. The number of fused-ring (bicyclic) bond motifs is 1. The maximum atomic E-state index is 5.48. The summed E-state index contributed by atoms with van der Waals surface area (Å²) in [6, 6.07) is 4.23. The first kappa shape index (κ1) is 23.9. The van der Waals surface area contributed by atoms with Crippen LogP contribution in [0.25, 0.3) is 0 Å². The van der Waals surface area contributed by atoms with Crippen molar-refractivity contribution in [2.24, 2.45) is 12.0 Å². The highest BCUT2D eigenvalue weighted by molar-refractivity contribution is 5.79. The van der Waals surface area contributed by atoms with Crippen LogP contribution in [0.3, 0.4) is 0 Å². The second-order valence-corrected chi connectivity index (χ2v) is 8.70. The molecule has 0 fully saturated rings. The molecular weight excluding hydrogens is 404 g/mol. The summed E-state index contributed by atoms with van der Waals surface area (Å²) in [6.07, 6.45) is 3.12. The van der Waals surface area contributed by atoms with E-state index in [0.717, 1.165) is 62.3 Å². The topological polar surface area (TPSA) is 67.2 Å². The van der Waals surface area contributed by atoms with E-state index in [9.17, 15) is 0 Å². The summed E-state index contributed by atoms with van der Waals surface area (Å²) in [5, 5.41) is 8.14. The molecule has 0 unspecified atom stereocenters. The van der Waals surface area contributed by atoms with Gasteiger partial charge in [-0.25, -0.2) is 0 Å². The molecule has 0 bridgehead atoms. The number of aryl methyl sites for hydroxylation is 1. The molecule has 8 heteroatoms. The zero-order chi connectivity index (χ0) is 23.3. The summed E-state index contributed by atoms with van der Waals surface area (Å²) in [6.45, 7) is 8.88. The van der Waals surface area contributed by atoms with Gasteiger partial charge in [-0.15, -0.1) is 0 Å². The Bertz CT molecular complexity index is 937. The van der Waals surface area contributed by atoms with Crippen molar-refractivity contribution in [3.05, 3.63) is 40.7 Å². The maximum Gasteiger partial charge on any atom is 0.193 e. The predicted octanol–water partition coefficient (Wildman–Crippen LogP) is 2.63. The summed E-state index contributed by atoms with van der Waals surface area (Å²) in [7, 11) is 9.26. The van der Waals surface area contributed by atoms with E-state index >= 15 is 0 Å².